The van der Waals surface area contributed by atoms with Crippen molar-refractivity contribution in [2.75, 3.05) is 0 Å². The normalized spacial score (nSPS) is 12.0. The highest BCUT2D eigenvalue weighted by Crippen LogP contribution is 2.42. The zero-order valence-electron chi connectivity index (χ0n) is 18.8. The third-order valence-electron chi connectivity index (χ3n) is 7.13. The summed E-state index contributed by atoms with van der Waals surface area (Å²) >= 11 is 1.89. The lowest BCUT2D eigenvalue weighted by Gasteiger charge is -2.11. The van der Waals surface area contributed by atoms with Crippen LogP contribution in [-0.2, 0) is 0 Å². The van der Waals surface area contributed by atoms with Crippen molar-refractivity contribution in [3.63, 3.8) is 0 Å². The molecule has 5 aromatic carbocycles. The number of para-hydroxylation sites is 3. The largest absolute Gasteiger partial charge is 0.309 e. The van der Waals surface area contributed by atoms with Gasteiger partial charge in [-0.1, -0.05) is 72.8 Å². The molecule has 8 aromatic rings. The molecular formula is C32H20N2S. The Morgan fingerprint density at radius 3 is 1.49 bits per heavy atom. The van der Waals surface area contributed by atoms with Crippen molar-refractivity contribution in [1.82, 2.24) is 9.13 Å². The quantitative estimate of drug-likeness (QED) is 0.241. The first-order valence-electron chi connectivity index (χ1n) is 11.9. The van der Waals surface area contributed by atoms with Crippen LogP contribution in [0.1, 0.15) is 0 Å². The van der Waals surface area contributed by atoms with Gasteiger partial charge in [-0.15, -0.1) is 11.3 Å². The predicted octanol–water partition coefficient (Wildman–Crippen LogP) is 9.10. The van der Waals surface area contributed by atoms with Crippen LogP contribution in [0.2, 0.25) is 0 Å². The number of rotatable bonds is 2. The molecule has 3 heterocycles. The highest BCUT2D eigenvalue weighted by Gasteiger charge is 2.17. The number of nitrogens with zero attached hydrogens (tertiary/aromatic N) is 2. The van der Waals surface area contributed by atoms with Crippen molar-refractivity contribution < 1.29 is 0 Å². The minimum atomic E-state index is 1.18. The lowest BCUT2D eigenvalue weighted by molar-refractivity contribution is 1.15. The van der Waals surface area contributed by atoms with Crippen LogP contribution in [0.25, 0.3) is 64.4 Å². The van der Waals surface area contributed by atoms with E-state index in [1.165, 1.54) is 64.4 Å². The van der Waals surface area contributed by atoms with Crippen molar-refractivity contribution in [2.45, 2.75) is 0 Å². The van der Waals surface area contributed by atoms with Gasteiger partial charge in [-0.05, 0) is 48.5 Å². The molecule has 0 aliphatic rings. The van der Waals surface area contributed by atoms with Gasteiger partial charge in [-0.25, -0.2) is 0 Å². The molecule has 0 N–H and O–H groups in total. The summed E-state index contributed by atoms with van der Waals surface area (Å²) in [4.78, 5) is 0. The van der Waals surface area contributed by atoms with E-state index in [0.29, 0.717) is 0 Å². The van der Waals surface area contributed by atoms with Gasteiger partial charge in [0.2, 0.25) is 0 Å². The van der Waals surface area contributed by atoms with Crippen LogP contribution < -0.4 is 0 Å². The maximum absolute atomic E-state index is 2.43. The second-order valence-corrected chi connectivity index (χ2v) is 10.1. The standard InChI is InChI=1S/C32H20N2S/c1-5-13-27-23(9-1)24-10-2-6-14-28(24)33(27)21-17-19-22(20-18-21)34-29-15-7-3-11-25(29)32-31(34)26-12-4-8-16-30(26)35-32/h1-20H. The topological polar surface area (TPSA) is 9.86 Å². The predicted molar refractivity (Wildman–Crippen MR) is 151 cm³/mol. The van der Waals surface area contributed by atoms with Crippen LogP contribution >= 0.6 is 11.3 Å². The number of hydrogen-bond acceptors (Lipinski definition) is 1. The summed E-state index contributed by atoms with van der Waals surface area (Å²) in [5.74, 6) is 0. The first-order chi connectivity index (χ1) is 17.4. The first kappa shape index (κ1) is 19.0. The summed E-state index contributed by atoms with van der Waals surface area (Å²) in [5.41, 5.74) is 7.39. The number of benzene rings is 5. The van der Waals surface area contributed by atoms with E-state index in [1.807, 2.05) is 11.3 Å². The molecule has 0 radical (unpaired) electrons. The summed E-state index contributed by atoms with van der Waals surface area (Å²) in [7, 11) is 0. The Labute approximate surface area is 205 Å². The molecule has 0 saturated heterocycles. The Hall–Kier alpha value is -4.34. The Morgan fingerprint density at radius 2 is 0.857 bits per heavy atom. The van der Waals surface area contributed by atoms with Crippen LogP contribution in [0.15, 0.2) is 121 Å². The van der Waals surface area contributed by atoms with Gasteiger partial charge in [0.15, 0.2) is 0 Å². The van der Waals surface area contributed by atoms with E-state index in [0.717, 1.165) is 0 Å². The van der Waals surface area contributed by atoms with Crippen LogP contribution in [-0.4, -0.2) is 9.13 Å². The molecule has 0 aliphatic carbocycles. The Kier molecular flexibility index (Phi) is 3.85. The molecule has 2 nitrogen and oxygen atoms in total. The first-order valence-corrected chi connectivity index (χ1v) is 12.7. The van der Waals surface area contributed by atoms with Gasteiger partial charge in [0.05, 0.1) is 26.8 Å². The summed E-state index contributed by atoms with van der Waals surface area (Å²) in [6, 6.07) is 43.9. The smallest absolute Gasteiger partial charge is 0.0727 e. The van der Waals surface area contributed by atoms with Crippen molar-refractivity contribution in [1.29, 1.82) is 0 Å². The monoisotopic (exact) mass is 464 g/mol. The fraction of sp³-hybridized carbons (Fsp3) is 0. The average molecular weight is 465 g/mol. The molecule has 35 heavy (non-hydrogen) atoms. The third-order valence-corrected chi connectivity index (χ3v) is 8.32. The molecule has 3 aromatic heterocycles. The van der Waals surface area contributed by atoms with Gasteiger partial charge in [-0.2, -0.15) is 0 Å². The maximum Gasteiger partial charge on any atom is 0.0727 e. The molecule has 0 fully saturated rings. The number of fused-ring (bicyclic) bond motifs is 8. The molecule has 0 bridgehead atoms. The molecule has 0 aliphatic heterocycles. The van der Waals surface area contributed by atoms with Crippen LogP contribution in [0.3, 0.4) is 0 Å². The van der Waals surface area contributed by atoms with Crippen molar-refractivity contribution in [3.8, 4) is 11.4 Å². The molecule has 0 amide bonds. The molecule has 8 rings (SSSR count). The third kappa shape index (κ3) is 2.59. The van der Waals surface area contributed by atoms with Gasteiger partial charge in [0, 0.05) is 37.6 Å². The van der Waals surface area contributed by atoms with Crippen LogP contribution in [0.5, 0.6) is 0 Å². The van der Waals surface area contributed by atoms with Gasteiger partial charge in [-0.3, -0.25) is 0 Å². The molecule has 0 unspecified atom stereocenters. The van der Waals surface area contributed by atoms with Crippen molar-refractivity contribution in [2.24, 2.45) is 0 Å². The summed E-state index contributed by atoms with van der Waals surface area (Å²) in [5, 5.41) is 5.20. The number of hydrogen-bond donors (Lipinski definition) is 0. The van der Waals surface area contributed by atoms with E-state index in [1.54, 1.807) is 0 Å². The van der Waals surface area contributed by atoms with Gasteiger partial charge >= 0.3 is 0 Å². The van der Waals surface area contributed by atoms with E-state index >= 15 is 0 Å². The van der Waals surface area contributed by atoms with Crippen LogP contribution in [0.4, 0.5) is 0 Å². The molecular weight excluding hydrogens is 444 g/mol. The highest BCUT2D eigenvalue weighted by atomic mass is 32.1. The van der Waals surface area contributed by atoms with Crippen LogP contribution in [0, 0.1) is 0 Å². The summed E-state index contributed by atoms with van der Waals surface area (Å²) < 4.78 is 7.49. The van der Waals surface area contributed by atoms with Crippen molar-refractivity contribution >= 4 is 64.3 Å². The van der Waals surface area contributed by atoms with E-state index in [9.17, 15) is 0 Å². The number of thiophene rings is 1. The van der Waals surface area contributed by atoms with E-state index in [2.05, 4.69) is 130 Å². The minimum absolute atomic E-state index is 1.18. The maximum atomic E-state index is 2.43. The van der Waals surface area contributed by atoms with E-state index in [-0.39, 0.29) is 0 Å². The highest BCUT2D eigenvalue weighted by molar-refractivity contribution is 7.26. The minimum Gasteiger partial charge on any atom is -0.309 e. The molecule has 164 valence electrons. The Morgan fingerprint density at radius 1 is 0.400 bits per heavy atom. The lowest BCUT2D eigenvalue weighted by Crippen LogP contribution is -1.97. The van der Waals surface area contributed by atoms with E-state index < -0.39 is 0 Å². The van der Waals surface area contributed by atoms with Gasteiger partial charge in [0.25, 0.3) is 0 Å². The second-order valence-electron chi connectivity index (χ2n) is 9.01. The summed E-state index contributed by atoms with van der Waals surface area (Å²) in [6.07, 6.45) is 0. The van der Waals surface area contributed by atoms with Gasteiger partial charge in [0.1, 0.15) is 0 Å². The fourth-order valence-electron chi connectivity index (χ4n) is 5.64. The average Bonchev–Trinajstić information content (AvgIpc) is 3.56. The van der Waals surface area contributed by atoms with E-state index in [4.69, 9.17) is 0 Å². The number of aromatic nitrogens is 2. The fourth-order valence-corrected chi connectivity index (χ4v) is 6.86. The Balaban J connectivity index is 1.39. The SMILES string of the molecule is c1ccc2c(c1)sc1c3ccccc3n(-c3ccc(-n4c5ccccc5c5ccccc54)cc3)c21. The van der Waals surface area contributed by atoms with Crippen molar-refractivity contribution in [3.05, 3.63) is 121 Å². The molecule has 3 heteroatoms. The molecule has 0 atom stereocenters. The zero-order valence-corrected chi connectivity index (χ0v) is 19.7. The summed E-state index contributed by atoms with van der Waals surface area (Å²) in [6.45, 7) is 0. The van der Waals surface area contributed by atoms with Gasteiger partial charge < -0.3 is 9.13 Å². The molecule has 0 spiro atoms. The zero-order chi connectivity index (χ0) is 22.9. The molecule has 0 saturated carbocycles. The second kappa shape index (κ2) is 7.08. The Bertz CT molecular complexity index is 1990. The lowest BCUT2D eigenvalue weighted by atomic mass is 10.2.